The number of amides is 1. The molecule has 1 fully saturated rings. The van der Waals surface area contributed by atoms with Crippen LogP contribution in [0.5, 0.6) is 0 Å². The summed E-state index contributed by atoms with van der Waals surface area (Å²) in [6.45, 7) is 6.30. The summed E-state index contributed by atoms with van der Waals surface area (Å²) in [5.74, 6) is 0.733. The van der Waals surface area contributed by atoms with Gasteiger partial charge in [0.1, 0.15) is 0 Å². The first-order valence-electron chi connectivity index (χ1n) is 4.41. The summed E-state index contributed by atoms with van der Waals surface area (Å²) in [7, 11) is 0. The van der Waals surface area contributed by atoms with Crippen molar-refractivity contribution < 1.29 is 4.79 Å². The van der Waals surface area contributed by atoms with Crippen LogP contribution in [0.1, 0.15) is 12.8 Å². The first-order valence-corrected chi connectivity index (χ1v) is 4.41. The van der Waals surface area contributed by atoms with E-state index in [0.717, 1.165) is 26.1 Å². The van der Waals surface area contributed by atoms with Gasteiger partial charge in [-0.3, -0.25) is 4.79 Å². The van der Waals surface area contributed by atoms with E-state index < -0.39 is 0 Å². The van der Waals surface area contributed by atoms with E-state index in [1.54, 1.807) is 0 Å². The van der Waals surface area contributed by atoms with Gasteiger partial charge in [0.05, 0.1) is 0 Å². The minimum Gasteiger partial charge on any atom is -0.356 e. The molecule has 0 aromatic carbocycles. The van der Waals surface area contributed by atoms with Crippen molar-refractivity contribution in [2.45, 2.75) is 12.8 Å². The maximum atomic E-state index is 11.1. The fraction of sp³-hybridized carbons (Fsp3) is 0.667. The average molecular weight is 168 g/mol. The van der Waals surface area contributed by atoms with Crippen molar-refractivity contribution in [2.24, 2.45) is 5.92 Å². The zero-order valence-electron chi connectivity index (χ0n) is 7.31. The second kappa shape index (κ2) is 4.93. The van der Waals surface area contributed by atoms with E-state index in [0.29, 0.717) is 12.3 Å². The molecule has 1 amide bonds. The smallest absolute Gasteiger partial charge is 0.220 e. The molecule has 2 N–H and O–H groups in total. The van der Waals surface area contributed by atoms with Gasteiger partial charge in [-0.1, -0.05) is 6.08 Å². The van der Waals surface area contributed by atoms with Crippen LogP contribution in [0.25, 0.3) is 0 Å². The minimum atomic E-state index is 0.170. The molecule has 1 aliphatic rings. The van der Waals surface area contributed by atoms with Crippen molar-refractivity contribution >= 4 is 5.91 Å². The van der Waals surface area contributed by atoms with Gasteiger partial charge in [-0.2, -0.15) is 0 Å². The fourth-order valence-electron chi connectivity index (χ4n) is 1.14. The summed E-state index contributed by atoms with van der Waals surface area (Å²) in [5.41, 5.74) is 0. The van der Waals surface area contributed by atoms with E-state index in [1.807, 2.05) is 6.08 Å². The molecule has 0 bridgehead atoms. The van der Waals surface area contributed by atoms with Crippen LogP contribution in [0.15, 0.2) is 12.7 Å². The summed E-state index contributed by atoms with van der Waals surface area (Å²) in [5, 5.41) is 5.98. The van der Waals surface area contributed by atoms with Crippen molar-refractivity contribution in [1.29, 1.82) is 0 Å². The molecular formula is C9H16N2O. The predicted octanol–water partition coefficient (Wildman–Crippen LogP) is 0.288. The topological polar surface area (TPSA) is 41.1 Å². The summed E-state index contributed by atoms with van der Waals surface area (Å²) in [6.07, 6.45) is 3.34. The molecule has 3 heteroatoms. The Kier molecular flexibility index (Phi) is 3.80. The number of carbonyl (C=O) groups excluding carboxylic acids is 1. The molecule has 3 nitrogen and oxygen atoms in total. The number of rotatable bonds is 5. The van der Waals surface area contributed by atoms with E-state index in [1.165, 1.54) is 0 Å². The van der Waals surface area contributed by atoms with E-state index in [4.69, 9.17) is 0 Å². The highest BCUT2D eigenvalue weighted by atomic mass is 16.1. The number of hydrogen-bond donors (Lipinski definition) is 2. The van der Waals surface area contributed by atoms with Crippen LogP contribution >= 0.6 is 0 Å². The van der Waals surface area contributed by atoms with Crippen LogP contribution in [-0.2, 0) is 4.79 Å². The van der Waals surface area contributed by atoms with E-state index in [9.17, 15) is 4.79 Å². The molecular weight excluding hydrogens is 152 g/mol. The van der Waals surface area contributed by atoms with Crippen molar-refractivity contribution in [3.05, 3.63) is 12.7 Å². The van der Waals surface area contributed by atoms with Crippen molar-refractivity contribution in [3.8, 4) is 0 Å². The van der Waals surface area contributed by atoms with E-state index >= 15 is 0 Å². The van der Waals surface area contributed by atoms with Crippen LogP contribution in [0.2, 0.25) is 0 Å². The molecule has 0 atom stereocenters. The van der Waals surface area contributed by atoms with Gasteiger partial charge in [-0.05, 0) is 25.4 Å². The van der Waals surface area contributed by atoms with Gasteiger partial charge >= 0.3 is 0 Å². The lowest BCUT2D eigenvalue weighted by Gasteiger charge is -2.26. The lowest BCUT2D eigenvalue weighted by molar-refractivity contribution is -0.122. The molecule has 0 aromatic heterocycles. The van der Waals surface area contributed by atoms with Crippen LogP contribution in [0, 0.1) is 5.92 Å². The Bertz CT molecular complexity index is 164. The van der Waals surface area contributed by atoms with Crippen LogP contribution < -0.4 is 10.6 Å². The standard InChI is InChI=1S/C9H16N2O/c1-2-3-4-11-9(12)5-8-6-10-7-8/h2,8,10H,1,3-7H2,(H,11,12). The molecule has 0 saturated carbocycles. The fourth-order valence-corrected chi connectivity index (χ4v) is 1.14. The van der Waals surface area contributed by atoms with Gasteiger partial charge in [-0.25, -0.2) is 0 Å². The SMILES string of the molecule is C=CCCNC(=O)CC1CNC1. The minimum absolute atomic E-state index is 0.170. The van der Waals surface area contributed by atoms with Gasteiger partial charge in [0, 0.05) is 13.0 Å². The predicted molar refractivity (Wildman–Crippen MR) is 48.8 cm³/mol. The Morgan fingerprint density at radius 2 is 2.42 bits per heavy atom. The quantitative estimate of drug-likeness (QED) is 0.457. The Labute approximate surface area is 73.2 Å². The van der Waals surface area contributed by atoms with Gasteiger partial charge in [0.15, 0.2) is 0 Å². The first-order chi connectivity index (χ1) is 5.83. The monoisotopic (exact) mass is 168 g/mol. The summed E-state index contributed by atoms with van der Waals surface area (Å²) >= 11 is 0. The molecule has 68 valence electrons. The second-order valence-corrected chi connectivity index (χ2v) is 3.16. The Hall–Kier alpha value is -0.830. The maximum Gasteiger partial charge on any atom is 0.220 e. The Balaban J connectivity index is 1.99. The highest BCUT2D eigenvalue weighted by Crippen LogP contribution is 2.07. The largest absolute Gasteiger partial charge is 0.356 e. The second-order valence-electron chi connectivity index (χ2n) is 3.16. The number of hydrogen-bond acceptors (Lipinski definition) is 2. The van der Waals surface area contributed by atoms with Crippen molar-refractivity contribution in [3.63, 3.8) is 0 Å². The highest BCUT2D eigenvalue weighted by molar-refractivity contribution is 5.76. The molecule has 1 heterocycles. The van der Waals surface area contributed by atoms with Gasteiger partial charge in [0.2, 0.25) is 5.91 Å². The zero-order chi connectivity index (χ0) is 8.81. The Morgan fingerprint density at radius 1 is 1.67 bits per heavy atom. The van der Waals surface area contributed by atoms with E-state index in [-0.39, 0.29) is 5.91 Å². The van der Waals surface area contributed by atoms with Crippen LogP contribution in [0.3, 0.4) is 0 Å². The third-order valence-corrected chi connectivity index (χ3v) is 2.01. The van der Waals surface area contributed by atoms with Gasteiger partial charge < -0.3 is 10.6 Å². The number of carbonyl (C=O) groups is 1. The third kappa shape index (κ3) is 3.05. The first kappa shape index (κ1) is 9.26. The lowest BCUT2D eigenvalue weighted by atomic mass is 9.99. The van der Waals surface area contributed by atoms with E-state index in [2.05, 4.69) is 17.2 Å². The van der Waals surface area contributed by atoms with Crippen LogP contribution in [-0.4, -0.2) is 25.5 Å². The Morgan fingerprint density at radius 3 is 2.92 bits per heavy atom. The third-order valence-electron chi connectivity index (χ3n) is 2.01. The summed E-state index contributed by atoms with van der Waals surface area (Å²) < 4.78 is 0. The normalized spacial score (nSPS) is 16.7. The van der Waals surface area contributed by atoms with Crippen molar-refractivity contribution in [1.82, 2.24) is 10.6 Å². The number of nitrogens with one attached hydrogen (secondary N) is 2. The maximum absolute atomic E-state index is 11.1. The summed E-state index contributed by atoms with van der Waals surface area (Å²) in [6, 6.07) is 0. The molecule has 0 spiro atoms. The zero-order valence-corrected chi connectivity index (χ0v) is 7.31. The van der Waals surface area contributed by atoms with Gasteiger partial charge in [-0.15, -0.1) is 6.58 Å². The average Bonchev–Trinajstić information content (AvgIpc) is 1.98. The lowest BCUT2D eigenvalue weighted by Crippen LogP contribution is -2.44. The highest BCUT2D eigenvalue weighted by Gasteiger charge is 2.19. The molecule has 0 aromatic rings. The van der Waals surface area contributed by atoms with Gasteiger partial charge in [0.25, 0.3) is 0 Å². The summed E-state index contributed by atoms with van der Waals surface area (Å²) in [4.78, 5) is 11.1. The molecule has 1 saturated heterocycles. The molecule has 0 aliphatic carbocycles. The molecule has 0 unspecified atom stereocenters. The van der Waals surface area contributed by atoms with Crippen molar-refractivity contribution in [2.75, 3.05) is 19.6 Å². The van der Waals surface area contributed by atoms with Crippen LogP contribution in [0.4, 0.5) is 0 Å². The molecule has 1 rings (SSSR count). The molecule has 12 heavy (non-hydrogen) atoms. The molecule has 1 aliphatic heterocycles. The molecule has 0 radical (unpaired) electrons.